The molecule has 1 aliphatic heterocycles. The highest BCUT2D eigenvalue weighted by atomic mass is 32.1. The van der Waals surface area contributed by atoms with Crippen LogP contribution >= 0.6 is 11.3 Å². The van der Waals surface area contributed by atoms with Crippen molar-refractivity contribution in [3.8, 4) is 5.75 Å². The van der Waals surface area contributed by atoms with Gasteiger partial charge in [-0.3, -0.25) is 9.97 Å². The van der Waals surface area contributed by atoms with Crippen LogP contribution < -0.4 is 10.1 Å². The number of aliphatic imine (C=N–C) groups is 1. The molecule has 1 aliphatic rings. The Morgan fingerprint density at radius 1 is 1.09 bits per heavy atom. The zero-order valence-corrected chi connectivity index (χ0v) is 19.9. The molecule has 0 fully saturated rings. The first-order chi connectivity index (χ1) is 16.1. The number of pyridine rings is 2. The fourth-order valence-corrected chi connectivity index (χ4v) is 4.76. The number of fused-ring (bicyclic) bond motifs is 2. The number of aromatic nitrogens is 2. The van der Waals surface area contributed by atoms with Gasteiger partial charge in [-0.25, -0.2) is 4.99 Å². The number of amidine groups is 1. The van der Waals surface area contributed by atoms with Crippen LogP contribution in [-0.2, 0) is 6.42 Å². The molecule has 6 heteroatoms. The van der Waals surface area contributed by atoms with Gasteiger partial charge in [-0.1, -0.05) is 0 Å². The maximum Gasteiger partial charge on any atom is 0.157 e. The largest absolute Gasteiger partial charge is 0.494 e. The van der Waals surface area contributed by atoms with Crippen LogP contribution in [0.5, 0.6) is 5.75 Å². The van der Waals surface area contributed by atoms with Gasteiger partial charge >= 0.3 is 0 Å². The number of nitrogens with one attached hydrogen (secondary N) is 1. The average molecular weight is 455 g/mol. The van der Waals surface area contributed by atoms with Crippen LogP contribution in [0.3, 0.4) is 0 Å². The summed E-state index contributed by atoms with van der Waals surface area (Å²) in [6.07, 6.45) is 7.52. The van der Waals surface area contributed by atoms with Crippen LogP contribution in [0.4, 0.5) is 5.69 Å². The topological polar surface area (TPSA) is 59.4 Å². The minimum Gasteiger partial charge on any atom is -0.494 e. The zero-order chi connectivity index (χ0) is 22.8. The molecule has 0 saturated carbocycles. The molecule has 5 nitrogen and oxygen atoms in total. The highest BCUT2D eigenvalue weighted by molar-refractivity contribution is 7.17. The van der Waals surface area contributed by atoms with E-state index in [2.05, 4.69) is 77.8 Å². The second-order valence-corrected chi connectivity index (χ2v) is 9.38. The number of rotatable bonds is 6. The summed E-state index contributed by atoms with van der Waals surface area (Å²) >= 11 is 1.70. The molecule has 0 bridgehead atoms. The standard InChI is InChI=1S/C27H26N4OS/c1-17(2)25-22-15-21(32-11-4-5-19-6-9-28-10-7-19)13-18(3)26(22)31-27(30-25)23-14-20-8-12-33-24(20)16-29-23/h6-10,12-16H,4-5,11H2,1-3H3,(H,30,31). The van der Waals surface area contributed by atoms with E-state index >= 15 is 0 Å². The van der Waals surface area contributed by atoms with E-state index in [9.17, 15) is 0 Å². The van der Waals surface area contributed by atoms with Gasteiger partial charge in [-0.2, -0.15) is 0 Å². The van der Waals surface area contributed by atoms with Gasteiger partial charge in [-0.15, -0.1) is 11.3 Å². The molecular formula is C27H26N4OS. The van der Waals surface area contributed by atoms with E-state index < -0.39 is 0 Å². The number of anilines is 1. The molecule has 166 valence electrons. The average Bonchev–Trinajstić information content (AvgIpc) is 3.30. The van der Waals surface area contributed by atoms with E-state index in [0.717, 1.165) is 58.2 Å². The summed E-state index contributed by atoms with van der Waals surface area (Å²) in [5.41, 5.74) is 7.51. The Morgan fingerprint density at radius 3 is 2.76 bits per heavy atom. The minimum atomic E-state index is 0.664. The molecule has 0 unspecified atom stereocenters. The molecule has 0 spiro atoms. The number of ether oxygens (including phenoxy) is 1. The highest BCUT2D eigenvalue weighted by Gasteiger charge is 2.22. The fraction of sp³-hybridized carbons (Fsp3) is 0.222. The Kier molecular flexibility index (Phi) is 5.92. The lowest BCUT2D eigenvalue weighted by atomic mass is 9.99. The first kappa shape index (κ1) is 21.3. The first-order valence-corrected chi connectivity index (χ1v) is 12.0. The number of allylic oxidation sites excluding steroid dienone is 1. The van der Waals surface area contributed by atoms with Gasteiger partial charge in [-0.05, 0) is 97.5 Å². The molecule has 4 aromatic rings. The quantitative estimate of drug-likeness (QED) is 0.332. The third kappa shape index (κ3) is 4.52. The molecule has 4 heterocycles. The number of nitrogens with zero attached hydrogens (tertiary/aromatic N) is 3. The van der Waals surface area contributed by atoms with Gasteiger partial charge in [0.2, 0.25) is 0 Å². The predicted octanol–water partition coefficient (Wildman–Crippen LogP) is 6.63. The molecule has 0 atom stereocenters. The Hall–Kier alpha value is -3.51. The summed E-state index contributed by atoms with van der Waals surface area (Å²) in [5, 5.41) is 6.81. The van der Waals surface area contributed by atoms with Crippen LogP contribution in [0, 0.1) is 6.92 Å². The van der Waals surface area contributed by atoms with Crippen LogP contribution in [-0.4, -0.2) is 22.4 Å². The van der Waals surface area contributed by atoms with Gasteiger partial charge in [0.1, 0.15) is 11.4 Å². The summed E-state index contributed by atoms with van der Waals surface area (Å²) in [7, 11) is 0. The normalized spacial score (nSPS) is 12.8. The van der Waals surface area contributed by atoms with Gasteiger partial charge < -0.3 is 10.1 Å². The summed E-state index contributed by atoms with van der Waals surface area (Å²) in [6, 6.07) is 12.5. The summed E-state index contributed by atoms with van der Waals surface area (Å²) in [4.78, 5) is 13.7. The first-order valence-electron chi connectivity index (χ1n) is 11.1. The van der Waals surface area contributed by atoms with Crippen molar-refractivity contribution in [1.29, 1.82) is 0 Å². The fourth-order valence-electron chi connectivity index (χ4n) is 4.02. The monoisotopic (exact) mass is 454 g/mol. The van der Waals surface area contributed by atoms with E-state index in [-0.39, 0.29) is 0 Å². The molecule has 0 aliphatic carbocycles. The molecule has 1 aromatic carbocycles. The smallest absolute Gasteiger partial charge is 0.157 e. The number of benzene rings is 1. The van der Waals surface area contributed by atoms with E-state index in [0.29, 0.717) is 6.61 Å². The van der Waals surface area contributed by atoms with Crippen molar-refractivity contribution in [3.63, 3.8) is 0 Å². The van der Waals surface area contributed by atoms with Crippen molar-refractivity contribution in [2.75, 3.05) is 11.9 Å². The third-order valence-corrected chi connectivity index (χ3v) is 6.58. The Morgan fingerprint density at radius 2 is 1.94 bits per heavy atom. The maximum atomic E-state index is 6.13. The molecule has 0 amide bonds. The summed E-state index contributed by atoms with van der Waals surface area (Å²) < 4.78 is 7.31. The van der Waals surface area contributed by atoms with Crippen molar-refractivity contribution < 1.29 is 4.74 Å². The van der Waals surface area contributed by atoms with Crippen molar-refractivity contribution in [2.24, 2.45) is 4.99 Å². The van der Waals surface area contributed by atoms with Crippen LogP contribution in [0.2, 0.25) is 0 Å². The maximum absolute atomic E-state index is 6.13. The van der Waals surface area contributed by atoms with E-state index in [1.165, 1.54) is 15.6 Å². The van der Waals surface area contributed by atoms with Crippen LogP contribution in [0.1, 0.15) is 42.7 Å². The predicted molar refractivity (Wildman–Crippen MR) is 137 cm³/mol. The number of thiophene rings is 1. The molecule has 33 heavy (non-hydrogen) atoms. The second-order valence-electron chi connectivity index (χ2n) is 8.43. The lowest BCUT2D eigenvalue weighted by molar-refractivity contribution is 0.311. The van der Waals surface area contributed by atoms with Gasteiger partial charge in [0.05, 0.1) is 22.7 Å². The van der Waals surface area contributed by atoms with Gasteiger partial charge in [0.25, 0.3) is 0 Å². The van der Waals surface area contributed by atoms with Crippen molar-refractivity contribution in [3.05, 3.63) is 88.3 Å². The lowest BCUT2D eigenvalue weighted by Crippen LogP contribution is -2.21. The SMILES string of the molecule is CC(C)=C1N=C(c2cc3ccsc3cn2)Nc2c(C)cc(OCCCc3ccncc3)cc21. The van der Waals surface area contributed by atoms with E-state index in [1.807, 2.05) is 18.6 Å². The van der Waals surface area contributed by atoms with Crippen molar-refractivity contribution >= 4 is 38.6 Å². The Balaban J connectivity index is 1.38. The van der Waals surface area contributed by atoms with Gasteiger partial charge in [0, 0.05) is 24.2 Å². The third-order valence-electron chi connectivity index (χ3n) is 5.72. The highest BCUT2D eigenvalue weighted by Crippen LogP contribution is 2.38. The van der Waals surface area contributed by atoms with Crippen LogP contribution in [0.25, 0.3) is 15.8 Å². The van der Waals surface area contributed by atoms with E-state index in [1.54, 1.807) is 11.3 Å². The lowest BCUT2D eigenvalue weighted by Gasteiger charge is -2.24. The zero-order valence-electron chi connectivity index (χ0n) is 19.1. The molecule has 0 saturated heterocycles. The number of aryl methyl sites for hydroxylation is 2. The summed E-state index contributed by atoms with van der Waals surface area (Å²) in [5.74, 6) is 1.65. The molecule has 1 N–H and O–H groups in total. The van der Waals surface area contributed by atoms with Crippen LogP contribution in [0.15, 0.2) is 70.9 Å². The van der Waals surface area contributed by atoms with Crippen molar-refractivity contribution in [1.82, 2.24) is 9.97 Å². The molecule has 3 aromatic heterocycles. The Labute approximate surface area is 197 Å². The van der Waals surface area contributed by atoms with Crippen molar-refractivity contribution in [2.45, 2.75) is 33.6 Å². The molecule has 0 radical (unpaired) electrons. The second kappa shape index (κ2) is 9.16. The summed E-state index contributed by atoms with van der Waals surface area (Å²) in [6.45, 7) is 6.96. The number of hydrogen-bond donors (Lipinski definition) is 1. The molecular weight excluding hydrogens is 428 g/mol. The molecule has 5 rings (SSSR count). The van der Waals surface area contributed by atoms with E-state index in [4.69, 9.17) is 9.73 Å². The van der Waals surface area contributed by atoms with Gasteiger partial charge in [0.15, 0.2) is 5.84 Å². The minimum absolute atomic E-state index is 0.664. The Bertz CT molecular complexity index is 1370. The number of hydrogen-bond acceptors (Lipinski definition) is 6.